The summed E-state index contributed by atoms with van der Waals surface area (Å²) in [6.07, 6.45) is 2.94. The molecule has 0 saturated carbocycles. The number of aryl methyl sites for hydroxylation is 1. The Morgan fingerprint density at radius 2 is 1.94 bits per heavy atom. The molecule has 0 radical (unpaired) electrons. The van der Waals surface area contributed by atoms with E-state index in [1.54, 1.807) is 34.1 Å². The zero-order valence-electron chi connectivity index (χ0n) is 17.1. The highest BCUT2D eigenvalue weighted by atomic mass is 35.5. The maximum atomic E-state index is 13.0. The Labute approximate surface area is 184 Å². The second-order valence-corrected chi connectivity index (χ2v) is 7.64. The molecule has 1 aromatic carbocycles. The van der Waals surface area contributed by atoms with E-state index in [0.717, 1.165) is 24.8 Å². The van der Waals surface area contributed by atoms with E-state index in [2.05, 4.69) is 26.7 Å². The van der Waals surface area contributed by atoms with Gasteiger partial charge >= 0.3 is 6.03 Å². The molecule has 1 aliphatic heterocycles. The van der Waals surface area contributed by atoms with Crippen molar-refractivity contribution in [1.82, 2.24) is 25.0 Å². The number of anilines is 1. The highest BCUT2D eigenvalue weighted by Gasteiger charge is 2.35. The Balaban J connectivity index is 1.36. The van der Waals surface area contributed by atoms with Crippen LogP contribution in [0.5, 0.6) is 5.75 Å². The third-order valence-corrected chi connectivity index (χ3v) is 5.23. The van der Waals surface area contributed by atoms with Gasteiger partial charge in [0.25, 0.3) is 5.89 Å². The Bertz CT molecular complexity index is 1090. The number of carbonyl (C=O) groups excluding carboxylic acids is 1. The van der Waals surface area contributed by atoms with E-state index in [9.17, 15) is 9.90 Å². The van der Waals surface area contributed by atoms with E-state index in [1.165, 1.54) is 0 Å². The SMILES string of the molecule is C=C1c2[nH]c(Cl)nc2N(CCC)C(=O)N1CCCCc1noc(-c2ccc(O)cc2)n1. The molecule has 2 N–H and O–H groups in total. The van der Waals surface area contributed by atoms with Crippen molar-refractivity contribution < 1.29 is 14.4 Å². The zero-order valence-corrected chi connectivity index (χ0v) is 17.9. The topological polar surface area (TPSA) is 111 Å². The highest BCUT2D eigenvalue weighted by molar-refractivity contribution is 6.28. The van der Waals surface area contributed by atoms with Crippen molar-refractivity contribution in [2.75, 3.05) is 18.0 Å². The van der Waals surface area contributed by atoms with Gasteiger partial charge in [0.2, 0.25) is 5.28 Å². The number of unbranched alkanes of at least 4 members (excludes halogenated alkanes) is 1. The van der Waals surface area contributed by atoms with E-state index < -0.39 is 0 Å². The lowest BCUT2D eigenvalue weighted by molar-refractivity contribution is 0.222. The molecule has 4 rings (SSSR count). The largest absolute Gasteiger partial charge is 0.508 e. The van der Waals surface area contributed by atoms with Gasteiger partial charge in [-0.25, -0.2) is 4.79 Å². The van der Waals surface area contributed by atoms with Crippen LogP contribution in [0.15, 0.2) is 35.4 Å². The Morgan fingerprint density at radius 1 is 1.16 bits per heavy atom. The second-order valence-electron chi connectivity index (χ2n) is 7.28. The molecule has 0 fully saturated rings. The fourth-order valence-electron chi connectivity index (χ4n) is 3.50. The molecule has 3 aromatic rings. The monoisotopic (exact) mass is 442 g/mol. The molecule has 162 valence electrons. The van der Waals surface area contributed by atoms with Crippen LogP contribution in [0.25, 0.3) is 17.2 Å². The van der Waals surface area contributed by atoms with Gasteiger partial charge in [-0.3, -0.25) is 9.80 Å². The number of hydrogen-bond donors (Lipinski definition) is 2. The summed E-state index contributed by atoms with van der Waals surface area (Å²) in [7, 11) is 0. The number of rotatable bonds is 8. The van der Waals surface area contributed by atoms with E-state index in [1.807, 2.05) is 6.92 Å². The van der Waals surface area contributed by atoms with Gasteiger partial charge in [-0.05, 0) is 55.1 Å². The summed E-state index contributed by atoms with van der Waals surface area (Å²) >= 11 is 6.03. The number of halogens is 1. The summed E-state index contributed by atoms with van der Waals surface area (Å²) in [6.45, 7) is 7.14. The number of H-pyrrole nitrogens is 1. The average Bonchev–Trinajstić information content (AvgIpc) is 3.38. The molecule has 2 amide bonds. The van der Waals surface area contributed by atoms with Crippen molar-refractivity contribution in [3.05, 3.63) is 47.6 Å². The van der Waals surface area contributed by atoms with Crippen molar-refractivity contribution in [1.29, 1.82) is 0 Å². The number of hydrogen-bond acceptors (Lipinski definition) is 6. The lowest BCUT2D eigenvalue weighted by Crippen LogP contribution is -2.47. The molecule has 2 aromatic heterocycles. The van der Waals surface area contributed by atoms with Crippen LogP contribution in [0.3, 0.4) is 0 Å². The molecule has 1 aliphatic rings. The Hall–Kier alpha value is -3.33. The first kappa shape index (κ1) is 20.9. The van der Waals surface area contributed by atoms with E-state index >= 15 is 0 Å². The number of amides is 2. The van der Waals surface area contributed by atoms with Crippen LogP contribution in [-0.2, 0) is 6.42 Å². The maximum absolute atomic E-state index is 13.0. The predicted molar refractivity (Wildman–Crippen MR) is 117 cm³/mol. The number of phenolic OH excluding ortho intramolecular Hbond substituents is 1. The summed E-state index contributed by atoms with van der Waals surface area (Å²) in [4.78, 5) is 27.9. The zero-order chi connectivity index (χ0) is 22.0. The number of benzene rings is 1. The predicted octanol–water partition coefficient (Wildman–Crippen LogP) is 4.46. The Morgan fingerprint density at radius 3 is 2.68 bits per heavy atom. The first-order valence-corrected chi connectivity index (χ1v) is 10.5. The molecule has 0 atom stereocenters. The molecule has 0 bridgehead atoms. The minimum Gasteiger partial charge on any atom is -0.508 e. The molecular weight excluding hydrogens is 420 g/mol. The number of nitrogens with zero attached hydrogens (tertiary/aromatic N) is 5. The Kier molecular flexibility index (Phi) is 5.94. The molecule has 10 heteroatoms. The quantitative estimate of drug-likeness (QED) is 0.498. The highest BCUT2D eigenvalue weighted by Crippen LogP contribution is 2.34. The van der Waals surface area contributed by atoms with Crippen LogP contribution < -0.4 is 4.90 Å². The van der Waals surface area contributed by atoms with Gasteiger partial charge in [-0.15, -0.1) is 0 Å². The van der Waals surface area contributed by atoms with Gasteiger partial charge in [-0.2, -0.15) is 9.97 Å². The fraction of sp³-hybridized carbons (Fsp3) is 0.333. The molecule has 3 heterocycles. The summed E-state index contributed by atoms with van der Waals surface area (Å²) in [5.74, 6) is 1.72. The van der Waals surface area contributed by atoms with Crippen LogP contribution in [0.1, 0.15) is 37.7 Å². The van der Waals surface area contributed by atoms with Crippen LogP contribution in [-0.4, -0.2) is 49.2 Å². The van der Waals surface area contributed by atoms with Gasteiger partial charge in [0.1, 0.15) is 11.4 Å². The number of urea groups is 1. The minimum atomic E-state index is -0.142. The smallest absolute Gasteiger partial charge is 0.330 e. The molecule has 0 unspecified atom stereocenters. The molecule has 0 spiro atoms. The van der Waals surface area contributed by atoms with E-state index in [-0.39, 0.29) is 17.1 Å². The van der Waals surface area contributed by atoms with Crippen molar-refractivity contribution in [2.45, 2.75) is 32.6 Å². The molecule has 0 saturated heterocycles. The number of carbonyl (C=O) groups is 1. The van der Waals surface area contributed by atoms with Crippen molar-refractivity contribution in [2.24, 2.45) is 0 Å². The van der Waals surface area contributed by atoms with E-state index in [4.69, 9.17) is 16.1 Å². The van der Waals surface area contributed by atoms with Gasteiger partial charge in [0, 0.05) is 25.1 Å². The van der Waals surface area contributed by atoms with Gasteiger partial charge in [0.15, 0.2) is 11.6 Å². The number of fused-ring (bicyclic) bond motifs is 1. The average molecular weight is 443 g/mol. The number of aromatic nitrogens is 4. The molecule has 31 heavy (non-hydrogen) atoms. The maximum Gasteiger partial charge on any atom is 0.330 e. The van der Waals surface area contributed by atoms with Gasteiger partial charge in [-0.1, -0.05) is 18.7 Å². The van der Waals surface area contributed by atoms with Gasteiger partial charge < -0.3 is 14.6 Å². The van der Waals surface area contributed by atoms with Crippen LogP contribution in [0.2, 0.25) is 5.28 Å². The fourth-order valence-corrected chi connectivity index (χ4v) is 3.68. The summed E-state index contributed by atoms with van der Waals surface area (Å²) < 4.78 is 5.30. The summed E-state index contributed by atoms with van der Waals surface area (Å²) in [6, 6.07) is 6.44. The number of aromatic hydroxyl groups is 1. The third kappa shape index (κ3) is 4.27. The number of nitrogens with one attached hydrogen (secondary N) is 1. The van der Waals surface area contributed by atoms with Gasteiger partial charge in [0.05, 0.1) is 5.70 Å². The first-order valence-electron chi connectivity index (χ1n) is 10.1. The lowest BCUT2D eigenvalue weighted by atomic mass is 10.1. The van der Waals surface area contributed by atoms with E-state index in [0.29, 0.717) is 48.4 Å². The van der Waals surface area contributed by atoms with Crippen molar-refractivity contribution in [3.8, 4) is 17.2 Å². The van der Waals surface area contributed by atoms with Crippen LogP contribution in [0, 0.1) is 0 Å². The third-order valence-electron chi connectivity index (χ3n) is 5.05. The summed E-state index contributed by atoms with van der Waals surface area (Å²) in [5.41, 5.74) is 1.99. The standard InChI is InChI=1S/C21H23ClN6O3/c1-3-11-28-18-17(24-20(22)25-18)13(2)27(21(28)30)12-5-4-6-16-23-19(31-26-16)14-7-9-15(29)10-8-14/h7-10,29H,2-6,11-12H2,1H3,(H,24,25). The second kappa shape index (κ2) is 8.81. The minimum absolute atomic E-state index is 0.142. The molecular formula is C21H23ClN6O3. The number of imidazole rings is 1. The van der Waals surface area contributed by atoms with Crippen molar-refractivity contribution >= 4 is 29.1 Å². The lowest BCUT2D eigenvalue weighted by Gasteiger charge is -2.35. The number of phenols is 1. The molecule has 9 nitrogen and oxygen atoms in total. The number of aromatic amines is 1. The normalized spacial score (nSPS) is 13.7. The molecule has 0 aliphatic carbocycles. The summed E-state index contributed by atoms with van der Waals surface area (Å²) in [5, 5.41) is 13.6. The first-order chi connectivity index (χ1) is 15.0. The van der Waals surface area contributed by atoms with Crippen LogP contribution >= 0.6 is 11.6 Å². The van der Waals surface area contributed by atoms with Crippen LogP contribution in [0.4, 0.5) is 10.6 Å². The van der Waals surface area contributed by atoms with Crippen molar-refractivity contribution in [3.63, 3.8) is 0 Å².